The zero-order valence-corrected chi connectivity index (χ0v) is 15.0. The second-order valence-corrected chi connectivity index (χ2v) is 7.47. The average molecular weight is 361 g/mol. The highest BCUT2D eigenvalue weighted by Gasteiger charge is 2.38. The van der Waals surface area contributed by atoms with Crippen LogP contribution in [0.1, 0.15) is 31.2 Å². The quantitative estimate of drug-likeness (QED) is 0.658. The van der Waals surface area contributed by atoms with Crippen molar-refractivity contribution in [2.75, 3.05) is 24.2 Å². The molecule has 1 aliphatic rings. The molecule has 6 heteroatoms. The highest BCUT2D eigenvalue weighted by molar-refractivity contribution is 6.29. The van der Waals surface area contributed by atoms with Gasteiger partial charge in [0.15, 0.2) is 0 Å². The summed E-state index contributed by atoms with van der Waals surface area (Å²) in [5.41, 5.74) is 6.91. The first-order valence-electron chi connectivity index (χ1n) is 8.77. The lowest BCUT2D eigenvalue weighted by Crippen LogP contribution is -2.31. The number of anilines is 2. The number of halogens is 1. The SMILES string of the molecule is Nc1nc(Cl)cc(NCC2(CO)CCC(CCc3ccccc3)C2)n1. The molecule has 0 bridgehead atoms. The van der Waals surface area contributed by atoms with Crippen molar-refractivity contribution < 1.29 is 5.11 Å². The fourth-order valence-corrected chi connectivity index (χ4v) is 3.94. The highest BCUT2D eigenvalue weighted by atomic mass is 35.5. The lowest BCUT2D eigenvalue weighted by atomic mass is 9.85. The summed E-state index contributed by atoms with van der Waals surface area (Å²) in [6.45, 7) is 0.842. The van der Waals surface area contributed by atoms with Crippen LogP contribution in [0.25, 0.3) is 0 Å². The summed E-state index contributed by atoms with van der Waals surface area (Å²) in [6.07, 6.45) is 5.46. The third kappa shape index (κ3) is 4.83. The molecule has 0 radical (unpaired) electrons. The molecule has 5 nitrogen and oxygen atoms in total. The molecule has 0 saturated heterocycles. The Labute approximate surface area is 153 Å². The van der Waals surface area contributed by atoms with E-state index >= 15 is 0 Å². The Morgan fingerprint density at radius 2 is 2.08 bits per heavy atom. The smallest absolute Gasteiger partial charge is 0.223 e. The Kier molecular flexibility index (Phi) is 5.76. The van der Waals surface area contributed by atoms with Crippen LogP contribution in [0.4, 0.5) is 11.8 Å². The van der Waals surface area contributed by atoms with Gasteiger partial charge in [-0.15, -0.1) is 0 Å². The fraction of sp³-hybridized carbons (Fsp3) is 0.474. The number of hydrogen-bond donors (Lipinski definition) is 3. The van der Waals surface area contributed by atoms with Gasteiger partial charge in [-0.05, 0) is 43.6 Å². The number of nitrogen functional groups attached to an aromatic ring is 1. The van der Waals surface area contributed by atoms with Crippen LogP contribution in [0.15, 0.2) is 36.4 Å². The van der Waals surface area contributed by atoms with Gasteiger partial charge in [0.25, 0.3) is 0 Å². The number of aliphatic hydroxyl groups is 1. The zero-order valence-electron chi connectivity index (χ0n) is 14.3. The van der Waals surface area contributed by atoms with Gasteiger partial charge in [0.05, 0.1) is 6.61 Å². The molecule has 25 heavy (non-hydrogen) atoms. The van der Waals surface area contributed by atoms with E-state index in [0.717, 1.165) is 32.1 Å². The van der Waals surface area contributed by atoms with Crippen molar-refractivity contribution in [1.82, 2.24) is 9.97 Å². The number of nitrogens with zero attached hydrogens (tertiary/aromatic N) is 2. The molecule has 2 atom stereocenters. The molecule has 1 aromatic carbocycles. The summed E-state index contributed by atoms with van der Waals surface area (Å²) < 4.78 is 0. The normalized spacial score (nSPS) is 22.9. The molecule has 0 spiro atoms. The third-order valence-corrected chi connectivity index (χ3v) is 5.37. The van der Waals surface area contributed by atoms with Crippen LogP contribution < -0.4 is 11.1 Å². The third-order valence-electron chi connectivity index (χ3n) is 5.18. The minimum absolute atomic E-state index is 0.104. The second kappa shape index (κ2) is 8.02. The van der Waals surface area contributed by atoms with Gasteiger partial charge in [-0.25, -0.2) is 4.98 Å². The standard InChI is InChI=1S/C19H25ClN4O/c20-16-10-17(24-18(21)23-16)22-12-19(13-25)9-8-15(11-19)7-6-14-4-2-1-3-5-14/h1-5,10,15,25H,6-9,11-13H2,(H3,21,22,23,24). The lowest BCUT2D eigenvalue weighted by Gasteiger charge is -2.27. The van der Waals surface area contributed by atoms with Gasteiger partial charge < -0.3 is 16.2 Å². The van der Waals surface area contributed by atoms with E-state index in [9.17, 15) is 5.11 Å². The zero-order chi connectivity index (χ0) is 17.7. The van der Waals surface area contributed by atoms with Crippen LogP contribution in [0.2, 0.25) is 5.15 Å². The van der Waals surface area contributed by atoms with Crippen molar-refractivity contribution in [3.8, 4) is 0 Å². The molecular weight excluding hydrogens is 336 g/mol. The van der Waals surface area contributed by atoms with E-state index in [1.165, 1.54) is 5.56 Å². The van der Waals surface area contributed by atoms with Gasteiger partial charge in [0, 0.05) is 18.0 Å². The number of aliphatic hydroxyl groups excluding tert-OH is 1. The number of nitrogens with one attached hydrogen (secondary N) is 1. The summed E-state index contributed by atoms with van der Waals surface area (Å²) in [7, 11) is 0. The molecule has 4 N–H and O–H groups in total. The molecule has 1 saturated carbocycles. The largest absolute Gasteiger partial charge is 0.396 e. The van der Waals surface area contributed by atoms with Crippen molar-refractivity contribution in [2.45, 2.75) is 32.1 Å². The van der Waals surface area contributed by atoms with Crippen LogP contribution in [-0.4, -0.2) is 28.2 Å². The molecule has 0 aliphatic heterocycles. The van der Waals surface area contributed by atoms with E-state index in [4.69, 9.17) is 17.3 Å². The Balaban J connectivity index is 1.54. The number of hydrogen-bond acceptors (Lipinski definition) is 5. The van der Waals surface area contributed by atoms with Crippen LogP contribution in [-0.2, 0) is 6.42 Å². The predicted molar refractivity (Wildman–Crippen MR) is 102 cm³/mol. The van der Waals surface area contributed by atoms with Gasteiger partial charge in [0.2, 0.25) is 5.95 Å². The van der Waals surface area contributed by atoms with Crippen molar-refractivity contribution in [3.05, 3.63) is 47.1 Å². The molecule has 1 heterocycles. The first kappa shape index (κ1) is 18.0. The number of aromatic nitrogens is 2. The van der Waals surface area contributed by atoms with Gasteiger partial charge in [-0.2, -0.15) is 4.98 Å². The predicted octanol–water partition coefficient (Wildman–Crippen LogP) is 3.54. The van der Waals surface area contributed by atoms with E-state index in [2.05, 4.69) is 39.6 Å². The Morgan fingerprint density at radius 1 is 1.28 bits per heavy atom. The maximum atomic E-state index is 9.98. The minimum atomic E-state index is -0.104. The summed E-state index contributed by atoms with van der Waals surface area (Å²) in [4.78, 5) is 8.00. The van der Waals surface area contributed by atoms with E-state index in [0.29, 0.717) is 23.4 Å². The highest BCUT2D eigenvalue weighted by Crippen LogP contribution is 2.43. The first-order valence-corrected chi connectivity index (χ1v) is 9.15. The Hall–Kier alpha value is -1.85. The van der Waals surface area contributed by atoms with E-state index in [1.807, 2.05) is 6.07 Å². The van der Waals surface area contributed by atoms with Crippen molar-refractivity contribution in [3.63, 3.8) is 0 Å². The fourth-order valence-electron chi connectivity index (χ4n) is 3.75. The maximum Gasteiger partial charge on any atom is 0.223 e. The molecule has 134 valence electrons. The number of aryl methyl sites for hydroxylation is 1. The Morgan fingerprint density at radius 3 is 2.80 bits per heavy atom. The van der Waals surface area contributed by atoms with Gasteiger partial charge >= 0.3 is 0 Å². The molecule has 2 unspecified atom stereocenters. The van der Waals surface area contributed by atoms with E-state index in [1.54, 1.807) is 6.07 Å². The summed E-state index contributed by atoms with van der Waals surface area (Å²) in [5, 5.41) is 13.6. The molecule has 1 aromatic heterocycles. The summed E-state index contributed by atoms with van der Waals surface area (Å²) >= 11 is 5.92. The second-order valence-electron chi connectivity index (χ2n) is 7.08. The van der Waals surface area contributed by atoms with Crippen molar-refractivity contribution in [1.29, 1.82) is 0 Å². The molecule has 2 aromatic rings. The first-order chi connectivity index (χ1) is 12.1. The topological polar surface area (TPSA) is 84.1 Å². The van der Waals surface area contributed by atoms with Crippen LogP contribution in [0.3, 0.4) is 0 Å². The number of benzene rings is 1. The maximum absolute atomic E-state index is 9.98. The number of rotatable bonds is 7. The minimum Gasteiger partial charge on any atom is -0.396 e. The number of nitrogens with two attached hydrogens (primary N) is 1. The van der Waals surface area contributed by atoms with E-state index < -0.39 is 0 Å². The van der Waals surface area contributed by atoms with Crippen molar-refractivity contribution >= 4 is 23.4 Å². The lowest BCUT2D eigenvalue weighted by molar-refractivity contribution is 0.137. The van der Waals surface area contributed by atoms with Crippen molar-refractivity contribution in [2.24, 2.45) is 11.3 Å². The molecule has 1 fully saturated rings. The van der Waals surface area contributed by atoms with E-state index in [-0.39, 0.29) is 18.0 Å². The molecule has 0 amide bonds. The van der Waals surface area contributed by atoms with Gasteiger partial charge in [0.1, 0.15) is 11.0 Å². The van der Waals surface area contributed by atoms with Gasteiger partial charge in [-0.1, -0.05) is 41.9 Å². The van der Waals surface area contributed by atoms with Crippen LogP contribution in [0, 0.1) is 11.3 Å². The van der Waals surface area contributed by atoms with Crippen LogP contribution >= 0.6 is 11.6 Å². The summed E-state index contributed by atoms with van der Waals surface area (Å²) in [6, 6.07) is 12.2. The molecule has 3 rings (SSSR count). The summed E-state index contributed by atoms with van der Waals surface area (Å²) in [5.74, 6) is 1.41. The van der Waals surface area contributed by atoms with Gasteiger partial charge in [-0.3, -0.25) is 0 Å². The molecular formula is C19H25ClN4O. The average Bonchev–Trinajstić information content (AvgIpc) is 3.03. The Bertz CT molecular complexity index is 677. The molecule has 1 aliphatic carbocycles. The monoisotopic (exact) mass is 360 g/mol. The van der Waals surface area contributed by atoms with Crippen LogP contribution in [0.5, 0.6) is 0 Å².